The van der Waals surface area contributed by atoms with Crippen LogP contribution in [0, 0.1) is 5.82 Å². The Kier molecular flexibility index (Phi) is 3.35. The predicted molar refractivity (Wildman–Crippen MR) is 78.0 cm³/mol. The lowest BCUT2D eigenvalue weighted by atomic mass is 9.94. The van der Waals surface area contributed by atoms with Crippen LogP contribution in [0.3, 0.4) is 0 Å². The van der Waals surface area contributed by atoms with Crippen molar-refractivity contribution in [3.63, 3.8) is 0 Å². The van der Waals surface area contributed by atoms with E-state index in [9.17, 15) is 9.18 Å². The summed E-state index contributed by atoms with van der Waals surface area (Å²) < 4.78 is 13.0. The Balaban J connectivity index is 2.00. The Bertz CT molecular complexity index is 712. The SMILES string of the molecule is Nc1ncc(-c2ccc(F)cc2)cc1C1C=NNC(=O)C1. The van der Waals surface area contributed by atoms with Gasteiger partial charge in [0, 0.05) is 35.9 Å². The highest BCUT2D eigenvalue weighted by Crippen LogP contribution is 2.29. The van der Waals surface area contributed by atoms with Crippen LogP contribution < -0.4 is 11.2 Å². The Hall–Kier alpha value is -2.76. The first-order chi connectivity index (χ1) is 10.1. The molecule has 0 aliphatic carbocycles. The van der Waals surface area contributed by atoms with Crippen LogP contribution in [0.25, 0.3) is 11.1 Å². The maximum atomic E-state index is 13.0. The molecule has 3 rings (SSSR count). The van der Waals surface area contributed by atoms with E-state index in [1.807, 2.05) is 6.07 Å². The zero-order chi connectivity index (χ0) is 14.8. The lowest BCUT2D eigenvalue weighted by molar-refractivity contribution is -0.121. The fraction of sp³-hybridized carbons (Fsp3) is 0.133. The van der Waals surface area contributed by atoms with Gasteiger partial charge >= 0.3 is 0 Å². The summed E-state index contributed by atoms with van der Waals surface area (Å²) in [7, 11) is 0. The van der Waals surface area contributed by atoms with E-state index in [1.54, 1.807) is 24.5 Å². The second-order valence-corrected chi connectivity index (χ2v) is 4.83. The average Bonchev–Trinajstić information content (AvgIpc) is 2.49. The molecule has 1 amide bonds. The van der Waals surface area contributed by atoms with Gasteiger partial charge in [-0.15, -0.1) is 0 Å². The molecule has 5 nitrogen and oxygen atoms in total. The average molecular weight is 284 g/mol. The highest BCUT2D eigenvalue weighted by atomic mass is 19.1. The Morgan fingerprint density at radius 2 is 2.00 bits per heavy atom. The number of nitrogens with one attached hydrogen (secondary N) is 1. The molecule has 3 N–H and O–H groups in total. The quantitative estimate of drug-likeness (QED) is 0.885. The van der Waals surface area contributed by atoms with Crippen molar-refractivity contribution >= 4 is 17.9 Å². The van der Waals surface area contributed by atoms with E-state index in [4.69, 9.17) is 5.73 Å². The minimum absolute atomic E-state index is 0.158. The molecule has 21 heavy (non-hydrogen) atoms. The van der Waals surface area contributed by atoms with Crippen molar-refractivity contribution in [3.05, 3.63) is 47.9 Å². The van der Waals surface area contributed by atoms with Gasteiger partial charge in [0.2, 0.25) is 5.91 Å². The highest BCUT2D eigenvalue weighted by molar-refractivity contribution is 5.87. The van der Waals surface area contributed by atoms with Gasteiger partial charge in [-0.3, -0.25) is 4.79 Å². The van der Waals surface area contributed by atoms with Gasteiger partial charge in [0.1, 0.15) is 11.6 Å². The first-order valence-electron chi connectivity index (χ1n) is 6.47. The van der Waals surface area contributed by atoms with Crippen molar-refractivity contribution in [1.82, 2.24) is 10.4 Å². The third kappa shape index (κ3) is 2.74. The molecule has 2 heterocycles. The Labute approximate surface area is 120 Å². The summed E-state index contributed by atoms with van der Waals surface area (Å²) in [5.41, 5.74) is 10.7. The molecular formula is C15H13FN4O. The largest absolute Gasteiger partial charge is 0.383 e. The molecule has 1 unspecified atom stereocenters. The minimum atomic E-state index is -0.293. The number of hydrogen-bond acceptors (Lipinski definition) is 4. The molecule has 0 fully saturated rings. The first kappa shape index (κ1) is 13.2. The number of hydrogen-bond donors (Lipinski definition) is 2. The Morgan fingerprint density at radius 1 is 1.24 bits per heavy atom. The van der Waals surface area contributed by atoms with Crippen LogP contribution in [0.4, 0.5) is 10.2 Å². The number of anilines is 1. The fourth-order valence-electron chi connectivity index (χ4n) is 2.28. The second-order valence-electron chi connectivity index (χ2n) is 4.83. The summed E-state index contributed by atoms with van der Waals surface area (Å²) in [4.78, 5) is 15.6. The molecule has 0 saturated heterocycles. The predicted octanol–water partition coefficient (Wildman–Crippen LogP) is 2.06. The van der Waals surface area contributed by atoms with Crippen molar-refractivity contribution in [2.45, 2.75) is 12.3 Å². The number of nitrogen functional groups attached to an aromatic ring is 1. The summed E-state index contributed by atoms with van der Waals surface area (Å²) in [5, 5.41) is 3.81. The standard InChI is InChI=1S/C15H13FN4O/c16-12-3-1-9(2-4-12)10-5-13(15(17)18-7-10)11-6-14(21)20-19-8-11/h1-5,7-8,11H,6H2,(H2,17,18)(H,20,21). The van der Waals surface area contributed by atoms with Crippen molar-refractivity contribution in [2.75, 3.05) is 5.73 Å². The third-order valence-electron chi connectivity index (χ3n) is 3.38. The molecule has 106 valence electrons. The number of amides is 1. The van der Waals surface area contributed by atoms with E-state index >= 15 is 0 Å². The van der Waals surface area contributed by atoms with Crippen LogP contribution in [0.2, 0.25) is 0 Å². The number of carbonyl (C=O) groups excluding carboxylic acids is 1. The van der Waals surface area contributed by atoms with Crippen molar-refractivity contribution in [2.24, 2.45) is 5.10 Å². The number of benzene rings is 1. The normalized spacial score (nSPS) is 17.6. The monoisotopic (exact) mass is 284 g/mol. The lowest BCUT2D eigenvalue weighted by Gasteiger charge is -2.17. The van der Waals surface area contributed by atoms with Gasteiger partial charge < -0.3 is 5.73 Å². The molecular weight excluding hydrogens is 271 g/mol. The van der Waals surface area contributed by atoms with Crippen LogP contribution in [0.5, 0.6) is 0 Å². The summed E-state index contributed by atoms with van der Waals surface area (Å²) in [5.74, 6) is -0.286. The molecule has 1 aliphatic rings. The van der Waals surface area contributed by atoms with Crippen LogP contribution in [0.1, 0.15) is 17.9 Å². The second kappa shape index (κ2) is 5.32. The van der Waals surface area contributed by atoms with E-state index in [-0.39, 0.29) is 24.1 Å². The summed E-state index contributed by atoms with van der Waals surface area (Å²) in [6.45, 7) is 0. The van der Waals surface area contributed by atoms with E-state index in [2.05, 4.69) is 15.5 Å². The third-order valence-corrected chi connectivity index (χ3v) is 3.38. The van der Waals surface area contributed by atoms with E-state index in [1.165, 1.54) is 12.1 Å². The summed E-state index contributed by atoms with van der Waals surface area (Å²) in [6.07, 6.45) is 3.55. The smallest absolute Gasteiger partial charge is 0.241 e. The zero-order valence-electron chi connectivity index (χ0n) is 11.1. The molecule has 0 spiro atoms. The topological polar surface area (TPSA) is 80.4 Å². The minimum Gasteiger partial charge on any atom is -0.383 e. The number of nitrogens with zero attached hydrogens (tertiary/aromatic N) is 2. The summed E-state index contributed by atoms with van der Waals surface area (Å²) in [6, 6.07) is 7.99. The van der Waals surface area contributed by atoms with Gasteiger partial charge in [0.15, 0.2) is 0 Å². The molecule has 0 saturated carbocycles. The lowest BCUT2D eigenvalue weighted by Crippen LogP contribution is -2.26. The van der Waals surface area contributed by atoms with Crippen LogP contribution in [-0.2, 0) is 4.79 Å². The van der Waals surface area contributed by atoms with Gasteiger partial charge in [0.25, 0.3) is 0 Å². The molecule has 1 aromatic heterocycles. The van der Waals surface area contributed by atoms with Crippen LogP contribution >= 0.6 is 0 Å². The molecule has 0 bridgehead atoms. The van der Waals surface area contributed by atoms with Crippen molar-refractivity contribution in [1.29, 1.82) is 0 Å². The molecule has 1 aliphatic heterocycles. The van der Waals surface area contributed by atoms with Crippen LogP contribution in [-0.4, -0.2) is 17.1 Å². The zero-order valence-corrected chi connectivity index (χ0v) is 11.1. The number of hydrazone groups is 1. The number of halogens is 1. The first-order valence-corrected chi connectivity index (χ1v) is 6.47. The number of carbonyl (C=O) groups is 1. The molecule has 0 radical (unpaired) electrons. The maximum Gasteiger partial charge on any atom is 0.241 e. The molecule has 2 aromatic rings. The van der Waals surface area contributed by atoms with Gasteiger partial charge in [-0.2, -0.15) is 5.10 Å². The van der Waals surface area contributed by atoms with Crippen LogP contribution in [0.15, 0.2) is 41.6 Å². The van der Waals surface area contributed by atoms with E-state index in [0.29, 0.717) is 5.82 Å². The number of nitrogens with two attached hydrogens (primary N) is 1. The van der Waals surface area contributed by atoms with E-state index < -0.39 is 0 Å². The van der Waals surface area contributed by atoms with Gasteiger partial charge in [-0.1, -0.05) is 12.1 Å². The molecule has 1 atom stereocenters. The van der Waals surface area contributed by atoms with Crippen molar-refractivity contribution < 1.29 is 9.18 Å². The Morgan fingerprint density at radius 3 is 2.71 bits per heavy atom. The van der Waals surface area contributed by atoms with Gasteiger partial charge in [-0.25, -0.2) is 14.8 Å². The maximum absolute atomic E-state index is 13.0. The highest BCUT2D eigenvalue weighted by Gasteiger charge is 2.21. The molecule has 6 heteroatoms. The van der Waals surface area contributed by atoms with Crippen molar-refractivity contribution in [3.8, 4) is 11.1 Å². The number of rotatable bonds is 2. The number of pyridine rings is 1. The van der Waals surface area contributed by atoms with Gasteiger partial charge in [0.05, 0.1) is 0 Å². The van der Waals surface area contributed by atoms with E-state index in [0.717, 1.165) is 16.7 Å². The summed E-state index contributed by atoms with van der Waals surface area (Å²) >= 11 is 0. The molecule has 1 aromatic carbocycles. The fourth-order valence-corrected chi connectivity index (χ4v) is 2.28. The van der Waals surface area contributed by atoms with Gasteiger partial charge in [-0.05, 0) is 23.8 Å². The number of aromatic nitrogens is 1.